The number of phenols is 1. The first-order valence-electron chi connectivity index (χ1n) is 10.2. The van der Waals surface area contributed by atoms with Crippen molar-refractivity contribution in [2.75, 3.05) is 5.32 Å². The topological polar surface area (TPSA) is 44.6 Å². The van der Waals surface area contributed by atoms with Crippen LogP contribution in [0.4, 0.5) is 11.4 Å². The van der Waals surface area contributed by atoms with Gasteiger partial charge in [0.25, 0.3) is 0 Å². The second-order valence-electron chi connectivity index (χ2n) is 8.12. The Kier molecular flexibility index (Phi) is 4.95. The minimum Gasteiger partial charge on any atom is -0.507 e. The standard InChI is InChI=1S/C26H23BrN2O/c1-16-5-11-24-23(13-16)21-3-2-4-22(21)26(29-24)17-6-9-20(10-7-17)28-15-18-14-19(27)8-12-25(18)30/h2-3,5-15,21-22,26,29-30H,4H2,1H3/t21-,22+,26-/m1/s1. The predicted molar refractivity (Wildman–Crippen MR) is 127 cm³/mol. The highest BCUT2D eigenvalue weighted by molar-refractivity contribution is 9.10. The molecule has 0 spiro atoms. The number of rotatable bonds is 3. The quantitative estimate of drug-likeness (QED) is 0.326. The Labute approximate surface area is 185 Å². The molecule has 0 fully saturated rings. The van der Waals surface area contributed by atoms with E-state index in [0.29, 0.717) is 17.4 Å². The van der Waals surface area contributed by atoms with Crippen LogP contribution in [0.3, 0.4) is 0 Å². The zero-order chi connectivity index (χ0) is 20.7. The second-order valence-corrected chi connectivity index (χ2v) is 9.03. The lowest BCUT2D eigenvalue weighted by atomic mass is 9.76. The minimum atomic E-state index is 0.221. The van der Waals surface area contributed by atoms with Crippen LogP contribution in [-0.2, 0) is 0 Å². The summed E-state index contributed by atoms with van der Waals surface area (Å²) < 4.78 is 0.913. The number of anilines is 1. The van der Waals surface area contributed by atoms with E-state index >= 15 is 0 Å². The van der Waals surface area contributed by atoms with Gasteiger partial charge in [-0.1, -0.05) is 57.9 Å². The van der Waals surface area contributed by atoms with Gasteiger partial charge in [-0.25, -0.2) is 0 Å². The molecule has 3 atom stereocenters. The van der Waals surface area contributed by atoms with Crippen molar-refractivity contribution < 1.29 is 5.11 Å². The van der Waals surface area contributed by atoms with E-state index in [9.17, 15) is 5.11 Å². The monoisotopic (exact) mass is 458 g/mol. The number of hydrogen-bond donors (Lipinski definition) is 2. The number of aromatic hydroxyl groups is 1. The number of phenolic OH excluding ortho intramolecular Hbond substituents is 1. The van der Waals surface area contributed by atoms with E-state index in [1.807, 2.05) is 24.3 Å². The molecule has 2 aliphatic rings. The van der Waals surface area contributed by atoms with Crippen molar-refractivity contribution in [1.29, 1.82) is 0 Å². The van der Waals surface area contributed by atoms with Gasteiger partial charge in [-0.15, -0.1) is 0 Å². The number of halogens is 1. The largest absolute Gasteiger partial charge is 0.507 e. The van der Waals surface area contributed by atoms with Gasteiger partial charge < -0.3 is 10.4 Å². The van der Waals surface area contributed by atoms with E-state index in [0.717, 1.165) is 16.6 Å². The summed E-state index contributed by atoms with van der Waals surface area (Å²) in [5.41, 5.74) is 6.81. The maximum absolute atomic E-state index is 9.99. The van der Waals surface area contributed by atoms with Gasteiger partial charge in [-0.2, -0.15) is 0 Å². The zero-order valence-electron chi connectivity index (χ0n) is 16.7. The van der Waals surface area contributed by atoms with E-state index < -0.39 is 0 Å². The van der Waals surface area contributed by atoms with Gasteiger partial charge in [0.1, 0.15) is 5.75 Å². The van der Waals surface area contributed by atoms with Gasteiger partial charge in [0.05, 0.1) is 11.7 Å². The lowest BCUT2D eigenvalue weighted by molar-refractivity contribution is 0.425. The first kappa shape index (κ1) is 19.1. The second kappa shape index (κ2) is 7.77. The van der Waals surface area contributed by atoms with Crippen LogP contribution >= 0.6 is 15.9 Å². The molecule has 3 aromatic carbocycles. The fraction of sp³-hybridized carbons (Fsp3) is 0.192. The Balaban J connectivity index is 1.40. The molecule has 1 aliphatic heterocycles. The van der Waals surface area contributed by atoms with E-state index in [1.54, 1.807) is 12.3 Å². The van der Waals surface area contributed by atoms with Crippen molar-refractivity contribution in [2.45, 2.75) is 25.3 Å². The average Bonchev–Trinajstić information content (AvgIpc) is 3.25. The van der Waals surface area contributed by atoms with Gasteiger partial charge >= 0.3 is 0 Å². The number of fused-ring (bicyclic) bond motifs is 3. The summed E-state index contributed by atoms with van der Waals surface area (Å²) in [4.78, 5) is 4.54. The predicted octanol–water partition coefficient (Wildman–Crippen LogP) is 7.04. The molecule has 0 aromatic heterocycles. The molecule has 150 valence electrons. The molecule has 30 heavy (non-hydrogen) atoms. The molecular weight excluding hydrogens is 436 g/mol. The van der Waals surface area contributed by atoms with Gasteiger partial charge in [0, 0.05) is 27.9 Å². The molecule has 0 saturated carbocycles. The number of nitrogens with one attached hydrogen (secondary N) is 1. The Morgan fingerprint density at radius 1 is 1.07 bits per heavy atom. The molecule has 4 heteroatoms. The molecule has 0 saturated heterocycles. The van der Waals surface area contributed by atoms with Crippen molar-refractivity contribution in [3.63, 3.8) is 0 Å². The lowest BCUT2D eigenvalue weighted by Crippen LogP contribution is -2.29. The molecule has 5 rings (SSSR count). The summed E-state index contributed by atoms with van der Waals surface area (Å²) in [5, 5.41) is 13.8. The summed E-state index contributed by atoms with van der Waals surface area (Å²) in [6.07, 6.45) is 7.49. The third kappa shape index (κ3) is 3.56. The number of aliphatic imine (C=N–C) groups is 1. The smallest absolute Gasteiger partial charge is 0.124 e. The first-order valence-corrected chi connectivity index (χ1v) is 11.0. The summed E-state index contributed by atoms with van der Waals surface area (Å²) in [6.45, 7) is 2.16. The number of nitrogens with zero attached hydrogens (tertiary/aromatic N) is 1. The van der Waals surface area contributed by atoms with Crippen molar-refractivity contribution in [3.8, 4) is 5.75 Å². The number of benzene rings is 3. The molecule has 0 bridgehead atoms. The molecule has 1 aliphatic carbocycles. The molecular formula is C26H23BrN2O. The third-order valence-corrected chi connectivity index (χ3v) is 6.61. The van der Waals surface area contributed by atoms with Crippen LogP contribution in [0.25, 0.3) is 0 Å². The van der Waals surface area contributed by atoms with Crippen molar-refractivity contribution in [1.82, 2.24) is 0 Å². The highest BCUT2D eigenvalue weighted by Gasteiger charge is 2.37. The highest BCUT2D eigenvalue weighted by atomic mass is 79.9. The highest BCUT2D eigenvalue weighted by Crippen LogP contribution is 2.50. The van der Waals surface area contributed by atoms with Gasteiger partial charge in [-0.3, -0.25) is 4.99 Å². The third-order valence-electron chi connectivity index (χ3n) is 6.11. The SMILES string of the molecule is Cc1ccc2c(c1)[C@@H]1C=CC[C@@H]1[C@@H](c1ccc(N=Cc3cc(Br)ccc3O)cc1)N2. The van der Waals surface area contributed by atoms with E-state index in [-0.39, 0.29) is 11.8 Å². The van der Waals surface area contributed by atoms with E-state index in [2.05, 4.69) is 75.6 Å². The van der Waals surface area contributed by atoms with E-state index in [1.165, 1.54) is 22.4 Å². The molecule has 1 heterocycles. The zero-order valence-corrected chi connectivity index (χ0v) is 18.3. The molecule has 3 nitrogen and oxygen atoms in total. The van der Waals surface area contributed by atoms with Crippen LogP contribution < -0.4 is 5.32 Å². The molecule has 2 N–H and O–H groups in total. The summed E-state index contributed by atoms with van der Waals surface area (Å²) in [5.74, 6) is 1.23. The molecule has 0 radical (unpaired) electrons. The van der Waals surface area contributed by atoms with Crippen LogP contribution in [0.1, 0.15) is 40.6 Å². The van der Waals surface area contributed by atoms with E-state index in [4.69, 9.17) is 0 Å². The summed E-state index contributed by atoms with van der Waals surface area (Å²) >= 11 is 3.43. The Morgan fingerprint density at radius 3 is 2.73 bits per heavy atom. The fourth-order valence-corrected chi connectivity index (χ4v) is 4.96. The molecule has 0 amide bonds. The average molecular weight is 459 g/mol. The molecule has 0 unspecified atom stereocenters. The molecule has 3 aromatic rings. The Morgan fingerprint density at radius 2 is 1.90 bits per heavy atom. The normalized spacial score (nSPS) is 22.0. The fourth-order valence-electron chi connectivity index (χ4n) is 4.58. The van der Waals surface area contributed by atoms with Crippen LogP contribution in [0, 0.1) is 12.8 Å². The Hall–Kier alpha value is -2.85. The van der Waals surface area contributed by atoms with Crippen molar-refractivity contribution >= 4 is 33.5 Å². The van der Waals surface area contributed by atoms with Crippen LogP contribution in [-0.4, -0.2) is 11.3 Å². The number of allylic oxidation sites excluding steroid dienone is 2. The van der Waals surface area contributed by atoms with Gasteiger partial charge in [0.2, 0.25) is 0 Å². The van der Waals surface area contributed by atoms with Gasteiger partial charge in [0.15, 0.2) is 0 Å². The Bertz CT molecular complexity index is 1150. The summed E-state index contributed by atoms with van der Waals surface area (Å²) in [6, 6.07) is 20.7. The van der Waals surface area contributed by atoms with Gasteiger partial charge in [-0.05, 0) is 66.8 Å². The maximum atomic E-state index is 9.99. The van der Waals surface area contributed by atoms with Crippen LogP contribution in [0.5, 0.6) is 5.75 Å². The lowest BCUT2D eigenvalue weighted by Gasteiger charge is -2.37. The summed E-state index contributed by atoms with van der Waals surface area (Å²) in [7, 11) is 0. The first-order chi connectivity index (χ1) is 14.6. The van der Waals surface area contributed by atoms with Crippen molar-refractivity contribution in [2.24, 2.45) is 10.9 Å². The van der Waals surface area contributed by atoms with Crippen molar-refractivity contribution in [3.05, 3.63) is 99.5 Å². The van der Waals surface area contributed by atoms with Crippen LogP contribution in [0.15, 0.2) is 82.3 Å². The number of aryl methyl sites for hydroxylation is 1. The minimum absolute atomic E-state index is 0.221. The maximum Gasteiger partial charge on any atom is 0.124 e. The van der Waals surface area contributed by atoms with Crippen LogP contribution in [0.2, 0.25) is 0 Å². The number of hydrogen-bond acceptors (Lipinski definition) is 3.